The van der Waals surface area contributed by atoms with Gasteiger partial charge in [0.25, 0.3) is 0 Å². The summed E-state index contributed by atoms with van der Waals surface area (Å²) < 4.78 is 1.81. The zero-order chi connectivity index (χ0) is 11.5. The van der Waals surface area contributed by atoms with Crippen LogP contribution < -0.4 is 0 Å². The lowest BCUT2D eigenvalue weighted by Gasteiger charge is -2.01. The summed E-state index contributed by atoms with van der Waals surface area (Å²) >= 11 is 0. The Balaban J connectivity index is 2.30. The summed E-state index contributed by atoms with van der Waals surface area (Å²) in [5.74, 6) is -1.44. The molecular formula is C12H12N2O2. The molecule has 0 aliphatic rings. The van der Waals surface area contributed by atoms with Crippen LogP contribution in [0.25, 0.3) is 5.69 Å². The molecule has 0 saturated heterocycles. The smallest absolute Gasteiger partial charge is 0.312 e. The molecule has 1 unspecified atom stereocenters. The van der Waals surface area contributed by atoms with E-state index in [1.54, 1.807) is 19.4 Å². The number of nitrogens with zero attached hydrogens (tertiary/aromatic N) is 2. The number of hydrogen-bond acceptors (Lipinski definition) is 2. The van der Waals surface area contributed by atoms with Crippen LogP contribution in [-0.4, -0.2) is 20.6 Å². The van der Waals surface area contributed by atoms with Crippen molar-refractivity contribution in [2.24, 2.45) is 0 Å². The maximum Gasteiger partial charge on any atom is 0.312 e. The molecule has 4 nitrogen and oxygen atoms in total. The van der Waals surface area contributed by atoms with Crippen molar-refractivity contribution in [1.29, 1.82) is 0 Å². The van der Waals surface area contributed by atoms with Gasteiger partial charge in [-0.15, -0.1) is 0 Å². The fraction of sp³-hybridized carbons (Fsp3) is 0.167. The van der Waals surface area contributed by atoms with Crippen LogP contribution in [0.5, 0.6) is 0 Å². The summed E-state index contributed by atoms with van der Waals surface area (Å²) in [4.78, 5) is 14.9. The van der Waals surface area contributed by atoms with Gasteiger partial charge in [-0.05, 0) is 19.1 Å². The topological polar surface area (TPSA) is 55.1 Å². The zero-order valence-electron chi connectivity index (χ0n) is 8.87. The van der Waals surface area contributed by atoms with Crippen LogP contribution in [0.3, 0.4) is 0 Å². The molecule has 2 rings (SSSR count). The predicted molar refractivity (Wildman–Crippen MR) is 59.6 cm³/mol. The van der Waals surface area contributed by atoms with Gasteiger partial charge < -0.3 is 9.67 Å². The van der Waals surface area contributed by atoms with E-state index in [4.69, 9.17) is 5.11 Å². The monoisotopic (exact) mass is 216 g/mol. The number of rotatable bonds is 3. The van der Waals surface area contributed by atoms with E-state index in [0.717, 1.165) is 5.69 Å². The Hall–Kier alpha value is -2.10. The number of imidazole rings is 1. The second kappa shape index (κ2) is 4.18. The average molecular weight is 216 g/mol. The second-order valence-corrected chi connectivity index (χ2v) is 3.60. The lowest BCUT2D eigenvalue weighted by molar-refractivity contribution is -0.138. The summed E-state index contributed by atoms with van der Waals surface area (Å²) in [6.45, 7) is 1.62. The zero-order valence-corrected chi connectivity index (χ0v) is 8.87. The van der Waals surface area contributed by atoms with Gasteiger partial charge in [-0.25, -0.2) is 4.98 Å². The lowest BCUT2D eigenvalue weighted by Crippen LogP contribution is -2.07. The summed E-state index contributed by atoms with van der Waals surface area (Å²) in [5.41, 5.74) is 1.54. The molecule has 82 valence electrons. The minimum Gasteiger partial charge on any atom is -0.481 e. The number of carboxylic acids is 1. The van der Waals surface area contributed by atoms with Crippen LogP contribution in [0.4, 0.5) is 0 Å². The molecule has 0 fully saturated rings. The Labute approximate surface area is 93.2 Å². The molecule has 2 aromatic rings. The van der Waals surface area contributed by atoms with Gasteiger partial charge in [0.15, 0.2) is 0 Å². The highest BCUT2D eigenvalue weighted by Gasteiger charge is 2.16. The molecule has 1 aromatic heterocycles. The molecule has 4 heteroatoms. The Morgan fingerprint density at radius 2 is 2.06 bits per heavy atom. The van der Waals surface area contributed by atoms with E-state index in [-0.39, 0.29) is 0 Å². The summed E-state index contributed by atoms with van der Waals surface area (Å²) in [6.07, 6.45) is 3.37. The molecule has 0 bridgehead atoms. The molecule has 0 aliphatic heterocycles. The van der Waals surface area contributed by atoms with Crippen LogP contribution in [-0.2, 0) is 4.79 Å². The quantitative estimate of drug-likeness (QED) is 0.854. The number of aromatic nitrogens is 2. The van der Waals surface area contributed by atoms with Crippen LogP contribution in [0.15, 0.2) is 42.9 Å². The number of aliphatic carboxylic acids is 1. The number of carboxylic acid groups (broad SMARTS) is 1. The first kappa shape index (κ1) is 10.4. The van der Waals surface area contributed by atoms with Crippen LogP contribution >= 0.6 is 0 Å². The average Bonchev–Trinajstić information content (AvgIpc) is 2.78. The maximum atomic E-state index is 10.8. The maximum absolute atomic E-state index is 10.8. The molecule has 0 aliphatic carbocycles. The molecule has 1 aromatic carbocycles. The van der Waals surface area contributed by atoms with E-state index < -0.39 is 11.9 Å². The van der Waals surface area contributed by atoms with E-state index in [9.17, 15) is 4.79 Å². The van der Waals surface area contributed by atoms with Crippen LogP contribution in [0.2, 0.25) is 0 Å². The minimum absolute atomic E-state index is 0.566. The number of benzene rings is 1. The normalized spacial score (nSPS) is 12.3. The van der Waals surface area contributed by atoms with Crippen LogP contribution in [0, 0.1) is 0 Å². The number of hydrogen-bond donors (Lipinski definition) is 1. The first-order valence-corrected chi connectivity index (χ1v) is 5.00. The molecule has 16 heavy (non-hydrogen) atoms. The number of para-hydroxylation sites is 1. The van der Waals surface area contributed by atoms with E-state index in [1.807, 2.05) is 34.9 Å². The highest BCUT2D eigenvalue weighted by atomic mass is 16.4. The minimum atomic E-state index is -0.863. The molecule has 1 atom stereocenters. The summed E-state index contributed by atoms with van der Waals surface area (Å²) in [5, 5.41) is 8.87. The van der Waals surface area contributed by atoms with Crippen molar-refractivity contribution in [1.82, 2.24) is 9.55 Å². The van der Waals surface area contributed by atoms with Gasteiger partial charge in [0.2, 0.25) is 0 Å². The highest BCUT2D eigenvalue weighted by Crippen LogP contribution is 2.15. The van der Waals surface area contributed by atoms with Gasteiger partial charge in [0.1, 0.15) is 0 Å². The van der Waals surface area contributed by atoms with Crippen molar-refractivity contribution < 1.29 is 9.90 Å². The van der Waals surface area contributed by atoms with Crippen molar-refractivity contribution in [2.45, 2.75) is 12.8 Å². The lowest BCUT2D eigenvalue weighted by atomic mass is 10.1. The molecule has 1 N–H and O–H groups in total. The number of carbonyl (C=O) groups is 1. The van der Waals surface area contributed by atoms with Crippen molar-refractivity contribution in [3.05, 3.63) is 48.5 Å². The Morgan fingerprint density at radius 1 is 1.38 bits per heavy atom. The fourth-order valence-electron chi connectivity index (χ4n) is 1.43. The first-order chi connectivity index (χ1) is 7.68. The third kappa shape index (κ3) is 1.95. The van der Waals surface area contributed by atoms with Crippen molar-refractivity contribution in [3.63, 3.8) is 0 Å². The van der Waals surface area contributed by atoms with Crippen molar-refractivity contribution in [2.75, 3.05) is 0 Å². The van der Waals surface area contributed by atoms with E-state index >= 15 is 0 Å². The Bertz CT molecular complexity index is 491. The Morgan fingerprint density at radius 3 is 2.69 bits per heavy atom. The molecule has 1 heterocycles. The van der Waals surface area contributed by atoms with Crippen molar-refractivity contribution in [3.8, 4) is 5.69 Å². The van der Waals surface area contributed by atoms with Gasteiger partial charge in [0, 0.05) is 11.9 Å². The summed E-state index contributed by atoms with van der Waals surface area (Å²) in [6, 6.07) is 9.67. The molecule has 0 spiro atoms. The third-order valence-electron chi connectivity index (χ3n) is 2.47. The van der Waals surface area contributed by atoms with Gasteiger partial charge in [0.05, 0.1) is 17.9 Å². The fourth-order valence-corrected chi connectivity index (χ4v) is 1.43. The SMILES string of the molecule is CC(C(=O)O)c1cn(-c2ccccc2)cn1. The standard InChI is InChI=1S/C12H12N2O2/c1-9(12(15)16)11-7-14(8-13-11)10-5-3-2-4-6-10/h2-9H,1H3,(H,15,16). The molecule has 0 saturated carbocycles. The van der Waals surface area contributed by atoms with Gasteiger partial charge in [-0.2, -0.15) is 0 Å². The predicted octanol–water partition coefficient (Wildman–Crippen LogP) is 2.06. The van der Waals surface area contributed by atoms with Crippen molar-refractivity contribution >= 4 is 5.97 Å². The van der Waals surface area contributed by atoms with Crippen LogP contribution in [0.1, 0.15) is 18.5 Å². The van der Waals surface area contributed by atoms with E-state index in [1.165, 1.54) is 0 Å². The van der Waals surface area contributed by atoms with Gasteiger partial charge in [-0.3, -0.25) is 4.79 Å². The highest BCUT2D eigenvalue weighted by molar-refractivity contribution is 5.74. The van der Waals surface area contributed by atoms with E-state index in [0.29, 0.717) is 5.69 Å². The second-order valence-electron chi connectivity index (χ2n) is 3.60. The summed E-state index contributed by atoms with van der Waals surface area (Å²) in [7, 11) is 0. The molecule has 0 amide bonds. The largest absolute Gasteiger partial charge is 0.481 e. The van der Waals surface area contributed by atoms with Gasteiger partial charge in [-0.1, -0.05) is 18.2 Å². The Kier molecular flexibility index (Phi) is 2.72. The molecule has 0 radical (unpaired) electrons. The first-order valence-electron chi connectivity index (χ1n) is 5.00. The molecular weight excluding hydrogens is 204 g/mol. The third-order valence-corrected chi connectivity index (χ3v) is 2.47. The van der Waals surface area contributed by atoms with Gasteiger partial charge >= 0.3 is 5.97 Å². The van der Waals surface area contributed by atoms with E-state index in [2.05, 4.69) is 4.98 Å².